The Labute approximate surface area is 160 Å². The first-order chi connectivity index (χ1) is 12.8. The van der Waals surface area contributed by atoms with Gasteiger partial charge in [-0.05, 0) is 54.4 Å². The normalized spacial score (nSPS) is 25.4. The van der Waals surface area contributed by atoms with Crippen LogP contribution in [0, 0.1) is 23.5 Å². The Bertz CT molecular complexity index is 787. The molecule has 27 heavy (non-hydrogen) atoms. The Balaban J connectivity index is 1.90. The average Bonchev–Trinajstić information content (AvgIpc) is 3.02. The van der Waals surface area contributed by atoms with E-state index in [1.165, 1.54) is 12.1 Å². The van der Waals surface area contributed by atoms with Crippen molar-refractivity contribution in [2.45, 2.75) is 31.8 Å². The van der Waals surface area contributed by atoms with Crippen molar-refractivity contribution in [3.63, 3.8) is 0 Å². The predicted octanol–water partition coefficient (Wildman–Crippen LogP) is 4.99. The molecule has 0 N–H and O–H groups in total. The van der Waals surface area contributed by atoms with Crippen molar-refractivity contribution < 1.29 is 18.3 Å². The number of halogens is 2. The Morgan fingerprint density at radius 3 is 2.74 bits per heavy atom. The zero-order chi connectivity index (χ0) is 19.8. The van der Waals surface area contributed by atoms with E-state index < -0.39 is 17.2 Å². The third-order valence-electron chi connectivity index (χ3n) is 5.71. The van der Waals surface area contributed by atoms with Crippen molar-refractivity contribution in [2.75, 3.05) is 25.8 Å². The quantitative estimate of drug-likeness (QED) is 0.654. The fourth-order valence-corrected chi connectivity index (χ4v) is 4.09. The first-order valence-corrected chi connectivity index (χ1v) is 9.22. The SMILES string of the molecule is C=CC[C@H]1C[C@]2([C@@H](C)Cc3cc(F)c(N(C)C)cc3F)OCOC2=CC1=C. The van der Waals surface area contributed by atoms with Crippen molar-refractivity contribution in [1.82, 2.24) is 0 Å². The van der Waals surface area contributed by atoms with E-state index in [2.05, 4.69) is 13.2 Å². The zero-order valence-corrected chi connectivity index (χ0v) is 16.2. The molecule has 3 rings (SSSR count). The van der Waals surface area contributed by atoms with Crippen LogP contribution in [0.25, 0.3) is 0 Å². The molecule has 3 nitrogen and oxygen atoms in total. The summed E-state index contributed by atoms with van der Waals surface area (Å²) in [4.78, 5) is 1.56. The molecule has 0 saturated carbocycles. The van der Waals surface area contributed by atoms with Gasteiger partial charge in [0.1, 0.15) is 23.0 Å². The smallest absolute Gasteiger partial charge is 0.189 e. The van der Waals surface area contributed by atoms with E-state index in [0.29, 0.717) is 18.4 Å². The monoisotopic (exact) mass is 375 g/mol. The molecule has 1 heterocycles. The third kappa shape index (κ3) is 3.53. The van der Waals surface area contributed by atoms with Crippen LogP contribution in [0.4, 0.5) is 14.5 Å². The minimum Gasteiger partial charge on any atom is -0.469 e. The molecule has 2 aliphatic rings. The van der Waals surface area contributed by atoms with Crippen molar-refractivity contribution in [2.24, 2.45) is 11.8 Å². The largest absolute Gasteiger partial charge is 0.469 e. The number of hydrogen-bond acceptors (Lipinski definition) is 3. The fourth-order valence-electron chi connectivity index (χ4n) is 4.09. The molecule has 0 amide bonds. The number of hydrogen-bond donors (Lipinski definition) is 0. The predicted molar refractivity (Wildman–Crippen MR) is 103 cm³/mol. The topological polar surface area (TPSA) is 21.7 Å². The number of nitrogens with zero attached hydrogens (tertiary/aromatic N) is 1. The summed E-state index contributed by atoms with van der Waals surface area (Å²) in [6, 6.07) is 2.54. The van der Waals surface area contributed by atoms with Crippen LogP contribution in [0.5, 0.6) is 0 Å². The summed E-state index contributed by atoms with van der Waals surface area (Å²) in [6.07, 6.45) is 5.65. The highest BCUT2D eigenvalue weighted by atomic mass is 19.1. The second kappa shape index (κ2) is 7.47. The van der Waals surface area contributed by atoms with E-state index in [1.807, 2.05) is 19.1 Å². The highest BCUT2D eigenvalue weighted by Gasteiger charge is 2.50. The summed E-state index contributed by atoms with van der Waals surface area (Å²) in [5.74, 6) is 0.0163. The van der Waals surface area contributed by atoms with Crippen molar-refractivity contribution in [1.29, 1.82) is 0 Å². The Morgan fingerprint density at radius 2 is 2.07 bits per heavy atom. The van der Waals surface area contributed by atoms with E-state index in [9.17, 15) is 8.78 Å². The van der Waals surface area contributed by atoms with E-state index in [4.69, 9.17) is 9.47 Å². The molecule has 146 valence electrons. The maximum Gasteiger partial charge on any atom is 0.189 e. The number of rotatable bonds is 6. The molecule has 1 aliphatic carbocycles. The minimum atomic E-state index is -0.641. The van der Waals surface area contributed by atoms with Gasteiger partial charge in [0.15, 0.2) is 6.79 Å². The summed E-state index contributed by atoms with van der Waals surface area (Å²) in [6.45, 7) is 10.1. The van der Waals surface area contributed by atoms with Crippen LogP contribution in [0.1, 0.15) is 25.3 Å². The second-order valence-electron chi connectivity index (χ2n) is 7.70. The van der Waals surface area contributed by atoms with Gasteiger partial charge < -0.3 is 14.4 Å². The van der Waals surface area contributed by atoms with Crippen LogP contribution in [-0.4, -0.2) is 26.5 Å². The fraction of sp³-hybridized carbons (Fsp3) is 0.455. The summed E-state index contributed by atoms with van der Waals surface area (Å²) < 4.78 is 40.7. The maximum atomic E-state index is 14.6. The van der Waals surface area contributed by atoms with E-state index in [-0.39, 0.29) is 24.3 Å². The maximum absolute atomic E-state index is 14.6. The highest BCUT2D eigenvalue weighted by molar-refractivity contribution is 5.48. The number of anilines is 1. The molecule has 1 saturated heterocycles. The van der Waals surface area contributed by atoms with Crippen LogP contribution in [0.2, 0.25) is 0 Å². The Morgan fingerprint density at radius 1 is 1.33 bits per heavy atom. The number of benzene rings is 1. The van der Waals surface area contributed by atoms with Gasteiger partial charge in [0, 0.05) is 20.2 Å². The molecule has 0 unspecified atom stereocenters. The molecule has 0 bridgehead atoms. The molecular formula is C22H27F2NO2. The summed E-state index contributed by atoms with van der Waals surface area (Å²) in [5, 5.41) is 0. The first-order valence-electron chi connectivity index (χ1n) is 9.22. The van der Waals surface area contributed by atoms with Crippen LogP contribution < -0.4 is 4.90 Å². The molecule has 1 aliphatic heterocycles. The first kappa shape index (κ1) is 19.6. The lowest BCUT2D eigenvalue weighted by molar-refractivity contribution is -0.0499. The van der Waals surface area contributed by atoms with Gasteiger partial charge in [-0.15, -0.1) is 6.58 Å². The summed E-state index contributed by atoms with van der Waals surface area (Å²) >= 11 is 0. The van der Waals surface area contributed by atoms with Crippen molar-refractivity contribution in [3.05, 3.63) is 66.0 Å². The van der Waals surface area contributed by atoms with Gasteiger partial charge in [-0.25, -0.2) is 8.78 Å². The zero-order valence-electron chi connectivity index (χ0n) is 16.2. The van der Waals surface area contributed by atoms with Gasteiger partial charge in [0.05, 0.1) is 5.69 Å². The summed E-state index contributed by atoms with van der Waals surface area (Å²) in [7, 11) is 3.38. The van der Waals surface area contributed by atoms with Crippen LogP contribution >= 0.6 is 0 Å². The Kier molecular flexibility index (Phi) is 5.43. The molecule has 5 heteroatoms. The summed E-state index contributed by atoms with van der Waals surface area (Å²) in [5.41, 5.74) is 0.936. The average molecular weight is 375 g/mol. The molecule has 3 atom stereocenters. The van der Waals surface area contributed by atoms with E-state index >= 15 is 0 Å². The van der Waals surface area contributed by atoms with Gasteiger partial charge in [0.25, 0.3) is 0 Å². The van der Waals surface area contributed by atoms with Crippen LogP contribution in [-0.2, 0) is 15.9 Å². The van der Waals surface area contributed by atoms with E-state index in [0.717, 1.165) is 17.8 Å². The molecular weight excluding hydrogens is 348 g/mol. The number of ether oxygens (including phenoxy) is 2. The van der Waals surface area contributed by atoms with Crippen molar-refractivity contribution in [3.8, 4) is 0 Å². The van der Waals surface area contributed by atoms with E-state index in [1.54, 1.807) is 19.0 Å². The highest BCUT2D eigenvalue weighted by Crippen LogP contribution is 2.48. The number of allylic oxidation sites excluding steroid dienone is 3. The molecule has 1 aromatic carbocycles. The van der Waals surface area contributed by atoms with Gasteiger partial charge >= 0.3 is 0 Å². The number of fused-ring (bicyclic) bond motifs is 1. The lowest BCUT2D eigenvalue weighted by atomic mass is 9.70. The minimum absolute atomic E-state index is 0.0919. The molecule has 0 spiro atoms. The van der Waals surface area contributed by atoms with Gasteiger partial charge in [-0.1, -0.05) is 19.6 Å². The van der Waals surface area contributed by atoms with Crippen LogP contribution in [0.15, 0.2) is 48.8 Å². The van der Waals surface area contributed by atoms with Gasteiger partial charge in [0.2, 0.25) is 0 Å². The molecule has 1 aromatic rings. The standard InChI is InChI=1S/C22H27F2NO2/c1-6-7-16-12-22(21(8-14(16)2)26-13-27-22)15(3)9-17-10-19(24)20(25(4)5)11-18(17)23/h6,8,10-11,15-16H,1-2,7,9,12-13H2,3-5H3/t15-,16-,22+/m0/s1. The molecule has 0 radical (unpaired) electrons. The van der Waals surface area contributed by atoms with Crippen molar-refractivity contribution >= 4 is 5.69 Å². The Hall–Kier alpha value is -2.14. The van der Waals surface area contributed by atoms with Gasteiger partial charge in [-0.3, -0.25) is 0 Å². The lowest BCUT2D eigenvalue weighted by Crippen LogP contribution is -2.43. The molecule has 1 fully saturated rings. The van der Waals surface area contributed by atoms with Gasteiger partial charge in [-0.2, -0.15) is 0 Å². The molecule has 0 aromatic heterocycles. The van der Waals surface area contributed by atoms with Crippen LogP contribution in [0.3, 0.4) is 0 Å². The second-order valence-corrected chi connectivity index (χ2v) is 7.70. The third-order valence-corrected chi connectivity index (χ3v) is 5.71. The lowest BCUT2D eigenvalue weighted by Gasteiger charge is -2.39.